The number of nitrogens with one attached hydrogen (secondary N) is 1. The topological polar surface area (TPSA) is 59.1 Å². The highest BCUT2D eigenvalue weighted by molar-refractivity contribution is 7.89. The molecule has 1 aromatic heterocycles. The van der Waals surface area contributed by atoms with Crippen LogP contribution in [0.3, 0.4) is 0 Å². The van der Waals surface area contributed by atoms with E-state index in [0.717, 1.165) is 18.9 Å². The van der Waals surface area contributed by atoms with Gasteiger partial charge in [0.05, 0.1) is 0 Å². The molecule has 1 fully saturated rings. The number of hydrogen-bond donors (Lipinski definition) is 1. The van der Waals surface area contributed by atoms with Crippen LogP contribution in [0.1, 0.15) is 19.8 Å². The van der Waals surface area contributed by atoms with Crippen LogP contribution in [0.5, 0.6) is 0 Å². The number of aromatic nitrogens is 1. The Labute approximate surface area is 87.6 Å². The number of nitrogens with zero attached hydrogens (tertiary/aromatic N) is 1. The highest BCUT2D eigenvalue weighted by atomic mass is 32.2. The molecule has 1 saturated carbocycles. The normalized spacial score (nSPS) is 18.8. The third-order valence-electron chi connectivity index (χ3n) is 2.36. The first-order valence-electron chi connectivity index (χ1n) is 4.57. The van der Waals surface area contributed by atoms with Gasteiger partial charge >= 0.3 is 0 Å². The summed E-state index contributed by atoms with van der Waals surface area (Å²) in [4.78, 5) is 3.54. The van der Waals surface area contributed by atoms with Crippen molar-refractivity contribution >= 4 is 10.0 Å². The van der Waals surface area contributed by atoms with Crippen LogP contribution in [0.4, 0.5) is 4.39 Å². The number of pyridine rings is 1. The second-order valence-corrected chi connectivity index (χ2v) is 5.55. The molecule has 15 heavy (non-hydrogen) atoms. The third kappa shape index (κ3) is 2.15. The summed E-state index contributed by atoms with van der Waals surface area (Å²) in [5, 5.41) is -0.530. The maximum Gasteiger partial charge on any atom is 0.261 e. The predicted molar refractivity (Wildman–Crippen MR) is 52.2 cm³/mol. The minimum absolute atomic E-state index is 0.414. The summed E-state index contributed by atoms with van der Waals surface area (Å²) >= 11 is 0. The zero-order valence-corrected chi connectivity index (χ0v) is 9.01. The van der Waals surface area contributed by atoms with Crippen molar-refractivity contribution in [1.29, 1.82) is 0 Å². The molecule has 0 aliphatic heterocycles. The molecule has 82 valence electrons. The van der Waals surface area contributed by atoms with Gasteiger partial charge in [0.25, 0.3) is 10.0 Å². The van der Waals surface area contributed by atoms with Crippen molar-refractivity contribution in [3.8, 4) is 0 Å². The molecule has 0 bridgehead atoms. The molecule has 0 unspecified atom stereocenters. The summed E-state index contributed by atoms with van der Waals surface area (Å²) in [6, 6.07) is 2.43. The van der Waals surface area contributed by atoms with Gasteiger partial charge in [-0.1, -0.05) is 0 Å². The Bertz CT molecular complexity index is 483. The van der Waals surface area contributed by atoms with Gasteiger partial charge in [0, 0.05) is 11.7 Å². The van der Waals surface area contributed by atoms with Crippen molar-refractivity contribution in [2.75, 3.05) is 0 Å². The average molecular weight is 230 g/mol. The Morgan fingerprint density at radius 3 is 2.73 bits per heavy atom. The molecular weight excluding hydrogens is 219 g/mol. The molecule has 1 N–H and O–H groups in total. The van der Waals surface area contributed by atoms with E-state index in [2.05, 4.69) is 9.71 Å². The smallest absolute Gasteiger partial charge is 0.241 e. The van der Waals surface area contributed by atoms with Crippen LogP contribution in [0, 0.1) is 5.82 Å². The first-order chi connectivity index (χ1) is 6.93. The summed E-state index contributed by atoms with van der Waals surface area (Å²) in [5.41, 5.74) is -0.414. The quantitative estimate of drug-likeness (QED) is 0.844. The molecule has 0 saturated heterocycles. The lowest BCUT2D eigenvalue weighted by atomic mass is 10.4. The summed E-state index contributed by atoms with van der Waals surface area (Å²) in [6.45, 7) is 1.78. The molecule has 4 nitrogen and oxygen atoms in total. The SMILES string of the molecule is CC1(NS(=O)(=O)c2ncccc2F)CC1. The molecule has 0 aromatic carbocycles. The molecule has 2 rings (SSSR count). The largest absolute Gasteiger partial charge is 0.261 e. The minimum atomic E-state index is -3.82. The first kappa shape index (κ1) is 10.5. The second-order valence-electron chi connectivity index (χ2n) is 3.96. The highest BCUT2D eigenvalue weighted by Gasteiger charge is 2.42. The Kier molecular flexibility index (Phi) is 2.27. The van der Waals surface area contributed by atoms with Crippen LogP contribution >= 0.6 is 0 Å². The van der Waals surface area contributed by atoms with Crippen LogP contribution in [0.15, 0.2) is 23.4 Å². The lowest BCUT2D eigenvalue weighted by Gasteiger charge is -2.11. The standard InChI is InChI=1S/C9H11FN2O2S/c1-9(4-5-9)12-15(13,14)8-7(10)3-2-6-11-8/h2-3,6,12H,4-5H2,1H3. The first-order valence-corrected chi connectivity index (χ1v) is 6.06. The molecule has 1 heterocycles. The van der Waals surface area contributed by atoms with E-state index in [1.165, 1.54) is 12.3 Å². The van der Waals surface area contributed by atoms with Gasteiger partial charge in [0.15, 0.2) is 5.82 Å². The van der Waals surface area contributed by atoms with Gasteiger partial charge < -0.3 is 0 Å². The van der Waals surface area contributed by atoms with Crippen molar-refractivity contribution in [3.63, 3.8) is 0 Å². The van der Waals surface area contributed by atoms with E-state index in [-0.39, 0.29) is 0 Å². The molecular formula is C9H11FN2O2S. The van der Waals surface area contributed by atoms with Gasteiger partial charge in [0.2, 0.25) is 5.03 Å². The molecule has 0 amide bonds. The molecule has 1 aromatic rings. The third-order valence-corrected chi connectivity index (χ3v) is 3.93. The lowest BCUT2D eigenvalue weighted by Crippen LogP contribution is -2.35. The molecule has 0 radical (unpaired) electrons. The maximum absolute atomic E-state index is 13.2. The monoisotopic (exact) mass is 230 g/mol. The van der Waals surface area contributed by atoms with E-state index < -0.39 is 26.4 Å². The molecule has 0 spiro atoms. The van der Waals surface area contributed by atoms with Gasteiger partial charge in [-0.15, -0.1) is 0 Å². The van der Waals surface area contributed by atoms with Crippen LogP contribution < -0.4 is 4.72 Å². The van der Waals surface area contributed by atoms with Gasteiger partial charge in [-0.3, -0.25) is 0 Å². The zero-order valence-electron chi connectivity index (χ0n) is 8.20. The fourth-order valence-corrected chi connectivity index (χ4v) is 2.71. The average Bonchev–Trinajstić information content (AvgIpc) is 2.82. The Balaban J connectivity index is 2.33. The van der Waals surface area contributed by atoms with Gasteiger partial charge in [-0.25, -0.2) is 22.5 Å². The number of sulfonamides is 1. The van der Waals surface area contributed by atoms with Crippen LogP contribution in [0.25, 0.3) is 0 Å². The second kappa shape index (κ2) is 3.24. The van der Waals surface area contributed by atoms with E-state index in [0.29, 0.717) is 0 Å². The van der Waals surface area contributed by atoms with E-state index in [1.807, 2.05) is 0 Å². The Morgan fingerprint density at radius 1 is 1.53 bits per heavy atom. The lowest BCUT2D eigenvalue weighted by molar-refractivity contribution is 0.530. The van der Waals surface area contributed by atoms with Gasteiger partial charge in [-0.2, -0.15) is 0 Å². The number of rotatable bonds is 3. The molecule has 6 heteroatoms. The molecule has 1 aliphatic carbocycles. The van der Waals surface area contributed by atoms with E-state index >= 15 is 0 Å². The van der Waals surface area contributed by atoms with Crippen molar-refractivity contribution in [1.82, 2.24) is 9.71 Å². The summed E-state index contributed by atoms with van der Waals surface area (Å²) in [6.07, 6.45) is 2.81. The Hall–Kier alpha value is -1.01. The van der Waals surface area contributed by atoms with Crippen molar-refractivity contribution in [3.05, 3.63) is 24.1 Å². The Morgan fingerprint density at radius 2 is 2.20 bits per heavy atom. The van der Waals surface area contributed by atoms with E-state index in [1.54, 1.807) is 6.92 Å². The van der Waals surface area contributed by atoms with E-state index in [4.69, 9.17) is 0 Å². The zero-order chi connectivity index (χ0) is 11.1. The minimum Gasteiger partial charge on any atom is -0.241 e. The number of halogens is 1. The molecule has 0 atom stereocenters. The highest BCUT2D eigenvalue weighted by Crippen LogP contribution is 2.35. The maximum atomic E-state index is 13.2. The molecule has 1 aliphatic rings. The summed E-state index contributed by atoms with van der Waals surface area (Å²) in [7, 11) is -3.82. The van der Waals surface area contributed by atoms with Crippen LogP contribution in [-0.4, -0.2) is 18.9 Å². The fourth-order valence-electron chi connectivity index (χ4n) is 1.23. The number of hydrogen-bond acceptors (Lipinski definition) is 3. The van der Waals surface area contributed by atoms with Crippen LogP contribution in [0.2, 0.25) is 0 Å². The van der Waals surface area contributed by atoms with Gasteiger partial charge in [0.1, 0.15) is 0 Å². The van der Waals surface area contributed by atoms with Gasteiger partial charge in [-0.05, 0) is 31.9 Å². The fraction of sp³-hybridized carbons (Fsp3) is 0.444. The summed E-state index contributed by atoms with van der Waals surface area (Å²) in [5.74, 6) is -0.825. The van der Waals surface area contributed by atoms with Crippen molar-refractivity contribution in [2.24, 2.45) is 0 Å². The predicted octanol–water partition coefficient (Wildman–Crippen LogP) is 1.05. The van der Waals surface area contributed by atoms with Crippen LogP contribution in [-0.2, 0) is 10.0 Å². The van der Waals surface area contributed by atoms with Crippen molar-refractivity contribution < 1.29 is 12.8 Å². The van der Waals surface area contributed by atoms with E-state index in [9.17, 15) is 12.8 Å². The summed E-state index contributed by atoms with van der Waals surface area (Å²) < 4.78 is 39.0. The van der Waals surface area contributed by atoms with Crippen molar-refractivity contribution in [2.45, 2.75) is 30.3 Å².